The molecule has 0 amide bonds. The van der Waals surface area contributed by atoms with E-state index in [1.165, 1.54) is 6.08 Å². The third kappa shape index (κ3) is 3.68. The zero-order valence-electron chi connectivity index (χ0n) is 4.56. The van der Waals surface area contributed by atoms with Gasteiger partial charge in [-0.2, -0.15) is 0 Å². The average Bonchev–Trinajstić information content (AvgIpc) is 1.68. The van der Waals surface area contributed by atoms with Crippen molar-refractivity contribution in [2.24, 2.45) is 0 Å². The second-order valence-corrected chi connectivity index (χ2v) is 1.29. The first-order chi connectivity index (χ1) is 3.81. The van der Waals surface area contributed by atoms with Crippen LogP contribution >= 0.6 is 11.6 Å². The molecule has 0 rings (SSSR count). The van der Waals surface area contributed by atoms with Crippen molar-refractivity contribution in [3.8, 4) is 0 Å². The molecule has 0 saturated carbocycles. The Balaban J connectivity index is 3.33. The third-order valence-corrected chi connectivity index (χ3v) is 0.609. The predicted molar refractivity (Wildman–Crippen MR) is 31.6 cm³/mol. The lowest BCUT2D eigenvalue weighted by Gasteiger charge is -1.90. The van der Waals surface area contributed by atoms with E-state index in [2.05, 4.69) is 4.74 Å². The minimum absolute atomic E-state index is 0.0802. The predicted octanol–water partition coefficient (Wildman–Crippen LogP) is 1.30. The Morgan fingerprint density at radius 1 is 1.88 bits per heavy atom. The molecule has 0 aliphatic heterocycles. The van der Waals surface area contributed by atoms with Crippen LogP contribution in [0.2, 0.25) is 0 Å². The molecule has 0 aliphatic carbocycles. The van der Waals surface area contributed by atoms with E-state index < -0.39 is 5.97 Å². The van der Waals surface area contributed by atoms with E-state index in [1.807, 2.05) is 0 Å². The summed E-state index contributed by atoms with van der Waals surface area (Å²) in [5.41, 5.74) is 0. The third-order valence-electron chi connectivity index (χ3n) is 0.500. The molecule has 8 heavy (non-hydrogen) atoms. The van der Waals surface area contributed by atoms with Crippen molar-refractivity contribution in [3.05, 3.63) is 12.2 Å². The van der Waals surface area contributed by atoms with Crippen molar-refractivity contribution in [1.82, 2.24) is 0 Å². The summed E-state index contributed by atoms with van der Waals surface area (Å²) in [5, 5.41) is 0. The van der Waals surface area contributed by atoms with Gasteiger partial charge < -0.3 is 4.74 Å². The van der Waals surface area contributed by atoms with Crippen LogP contribution in [0.3, 0.4) is 0 Å². The molecule has 0 aromatic rings. The minimum Gasteiger partial charge on any atom is -0.446 e. The number of halogens is 1. The summed E-state index contributed by atoms with van der Waals surface area (Å²) in [6, 6.07) is -0.0802. The number of carbonyl (C=O) groups is 1. The van der Waals surface area contributed by atoms with Gasteiger partial charge in [-0.15, -0.1) is 0 Å². The molecular formula is C5H7ClO2. The van der Waals surface area contributed by atoms with Gasteiger partial charge in [0.1, 0.15) is 0 Å². The minimum atomic E-state index is -0.400. The van der Waals surface area contributed by atoms with Gasteiger partial charge in [-0.05, 0) is 6.92 Å². The number of allylic oxidation sites excluding steroid dienone is 1. The normalized spacial score (nSPS) is 9.75. The SMILES string of the molecule is CC=CC(=O)OCCl. The van der Waals surface area contributed by atoms with Gasteiger partial charge in [-0.1, -0.05) is 17.7 Å². The molecule has 0 aliphatic rings. The van der Waals surface area contributed by atoms with E-state index in [0.717, 1.165) is 0 Å². The van der Waals surface area contributed by atoms with Crippen molar-refractivity contribution in [3.63, 3.8) is 0 Å². The Hall–Kier alpha value is -0.500. The average molecular weight is 135 g/mol. The van der Waals surface area contributed by atoms with Gasteiger partial charge >= 0.3 is 5.97 Å². The van der Waals surface area contributed by atoms with E-state index in [-0.39, 0.29) is 6.07 Å². The highest BCUT2D eigenvalue weighted by Gasteiger charge is 1.89. The lowest BCUT2D eigenvalue weighted by Crippen LogP contribution is -1.96. The quantitative estimate of drug-likeness (QED) is 0.323. The fourth-order valence-corrected chi connectivity index (χ4v) is 0.346. The lowest BCUT2D eigenvalue weighted by molar-refractivity contribution is -0.135. The molecule has 0 aromatic carbocycles. The molecule has 0 aromatic heterocycles. The first-order valence-electron chi connectivity index (χ1n) is 2.16. The zero-order valence-corrected chi connectivity index (χ0v) is 5.31. The van der Waals surface area contributed by atoms with Gasteiger partial charge in [-0.25, -0.2) is 4.79 Å². The highest BCUT2D eigenvalue weighted by molar-refractivity contribution is 6.17. The molecule has 0 atom stereocenters. The summed E-state index contributed by atoms with van der Waals surface area (Å²) in [5.74, 6) is -0.400. The molecule has 0 saturated heterocycles. The van der Waals surface area contributed by atoms with Crippen molar-refractivity contribution < 1.29 is 9.53 Å². The monoisotopic (exact) mass is 134 g/mol. The number of carbonyl (C=O) groups excluding carboxylic acids is 1. The van der Waals surface area contributed by atoms with Crippen LogP contribution in [-0.4, -0.2) is 12.0 Å². The fourth-order valence-electron chi connectivity index (χ4n) is 0.238. The van der Waals surface area contributed by atoms with Gasteiger partial charge in [-0.3, -0.25) is 0 Å². The summed E-state index contributed by atoms with van der Waals surface area (Å²) >= 11 is 5.06. The zero-order chi connectivity index (χ0) is 6.41. The molecule has 3 heteroatoms. The molecule has 0 spiro atoms. The standard InChI is InChI=1S/C5H7ClO2/c1-2-3-5(7)8-4-6/h2-3H,4H2,1H3. The lowest BCUT2D eigenvalue weighted by atomic mass is 10.5. The summed E-state index contributed by atoms with van der Waals surface area (Å²) in [6.45, 7) is 1.73. The van der Waals surface area contributed by atoms with Crippen LogP contribution in [0.1, 0.15) is 6.92 Å². The number of esters is 1. The Bertz CT molecular complexity index is 98.6. The molecule has 0 fully saturated rings. The van der Waals surface area contributed by atoms with Gasteiger partial charge in [0.2, 0.25) is 0 Å². The molecule has 0 radical (unpaired) electrons. The van der Waals surface area contributed by atoms with Crippen LogP contribution in [0, 0.1) is 0 Å². The van der Waals surface area contributed by atoms with Crippen molar-refractivity contribution in [2.75, 3.05) is 6.07 Å². The maximum absolute atomic E-state index is 10.2. The fraction of sp³-hybridized carbons (Fsp3) is 0.400. The maximum Gasteiger partial charge on any atom is 0.331 e. The largest absolute Gasteiger partial charge is 0.446 e. The number of ether oxygens (including phenoxy) is 1. The van der Waals surface area contributed by atoms with Crippen LogP contribution in [0.5, 0.6) is 0 Å². The number of hydrogen-bond acceptors (Lipinski definition) is 2. The van der Waals surface area contributed by atoms with Crippen LogP contribution in [-0.2, 0) is 9.53 Å². The second kappa shape index (κ2) is 4.65. The number of hydrogen-bond donors (Lipinski definition) is 0. The van der Waals surface area contributed by atoms with Crippen molar-refractivity contribution in [2.45, 2.75) is 6.92 Å². The molecule has 0 unspecified atom stereocenters. The van der Waals surface area contributed by atoms with Gasteiger partial charge in [0.15, 0.2) is 6.07 Å². The Labute approximate surface area is 53.1 Å². The Morgan fingerprint density at radius 3 is 2.88 bits per heavy atom. The molecule has 0 N–H and O–H groups in total. The smallest absolute Gasteiger partial charge is 0.331 e. The van der Waals surface area contributed by atoms with E-state index in [1.54, 1.807) is 13.0 Å². The molecule has 0 bridgehead atoms. The molecule has 2 nitrogen and oxygen atoms in total. The Morgan fingerprint density at radius 2 is 2.50 bits per heavy atom. The number of alkyl halides is 1. The first kappa shape index (κ1) is 7.50. The van der Waals surface area contributed by atoms with Crippen LogP contribution in [0.25, 0.3) is 0 Å². The molecule has 46 valence electrons. The number of rotatable bonds is 2. The van der Waals surface area contributed by atoms with E-state index in [9.17, 15) is 4.79 Å². The second-order valence-electron chi connectivity index (χ2n) is 1.07. The van der Waals surface area contributed by atoms with Crippen LogP contribution in [0.4, 0.5) is 0 Å². The highest BCUT2D eigenvalue weighted by atomic mass is 35.5. The van der Waals surface area contributed by atoms with Gasteiger partial charge in [0.25, 0.3) is 0 Å². The van der Waals surface area contributed by atoms with Crippen LogP contribution in [0.15, 0.2) is 12.2 Å². The van der Waals surface area contributed by atoms with Gasteiger partial charge in [0, 0.05) is 6.08 Å². The van der Waals surface area contributed by atoms with Crippen molar-refractivity contribution in [1.29, 1.82) is 0 Å². The summed E-state index contributed by atoms with van der Waals surface area (Å²) in [7, 11) is 0. The summed E-state index contributed by atoms with van der Waals surface area (Å²) in [4.78, 5) is 10.2. The van der Waals surface area contributed by atoms with E-state index in [4.69, 9.17) is 11.6 Å². The summed E-state index contributed by atoms with van der Waals surface area (Å²) in [6.07, 6.45) is 2.90. The van der Waals surface area contributed by atoms with Crippen LogP contribution < -0.4 is 0 Å². The van der Waals surface area contributed by atoms with Gasteiger partial charge in [0.05, 0.1) is 0 Å². The molecule has 0 heterocycles. The van der Waals surface area contributed by atoms with E-state index >= 15 is 0 Å². The summed E-state index contributed by atoms with van der Waals surface area (Å²) < 4.78 is 4.32. The molecular weight excluding hydrogens is 128 g/mol. The van der Waals surface area contributed by atoms with Crippen molar-refractivity contribution >= 4 is 17.6 Å². The Kier molecular flexibility index (Phi) is 4.36. The van der Waals surface area contributed by atoms with E-state index in [0.29, 0.717) is 0 Å². The highest BCUT2D eigenvalue weighted by Crippen LogP contribution is 1.82. The maximum atomic E-state index is 10.2. The topological polar surface area (TPSA) is 26.3 Å². The first-order valence-corrected chi connectivity index (χ1v) is 2.70.